The summed E-state index contributed by atoms with van der Waals surface area (Å²) in [7, 11) is 0. The lowest BCUT2D eigenvalue weighted by Gasteiger charge is -2.43. The van der Waals surface area contributed by atoms with Crippen molar-refractivity contribution in [2.45, 2.75) is 12.0 Å². The molecule has 102 valence electrons. The monoisotopic (exact) mass is 266 g/mol. The van der Waals surface area contributed by atoms with Gasteiger partial charge in [0.15, 0.2) is 5.82 Å². The van der Waals surface area contributed by atoms with E-state index in [0.717, 1.165) is 12.6 Å². The van der Waals surface area contributed by atoms with Crippen molar-refractivity contribution in [2.75, 3.05) is 33.0 Å². The predicted molar refractivity (Wildman–Crippen MR) is 64.2 cm³/mol. The highest BCUT2D eigenvalue weighted by molar-refractivity contribution is 5.95. The molecule has 1 aromatic heterocycles. The Morgan fingerprint density at radius 1 is 1.37 bits per heavy atom. The predicted octanol–water partition coefficient (Wildman–Crippen LogP) is 0.852. The number of ether oxygens (including phenoxy) is 2. The molecule has 3 heterocycles. The number of carbonyl (C=O) groups is 1. The minimum Gasteiger partial charge on any atom is -0.379 e. The van der Waals surface area contributed by atoms with E-state index in [1.54, 1.807) is 4.90 Å². The van der Waals surface area contributed by atoms with Gasteiger partial charge in [-0.1, -0.05) is 0 Å². The molecule has 0 N–H and O–H groups in total. The van der Waals surface area contributed by atoms with Crippen molar-refractivity contribution in [3.63, 3.8) is 0 Å². The van der Waals surface area contributed by atoms with E-state index in [1.807, 2.05) is 0 Å². The Balaban J connectivity index is 1.91. The van der Waals surface area contributed by atoms with Gasteiger partial charge in [0, 0.05) is 19.3 Å². The number of pyridine rings is 1. The Kier molecular flexibility index (Phi) is 3.20. The second-order valence-electron chi connectivity index (χ2n) is 4.89. The molecule has 1 atom stereocenters. The molecular weight excluding hydrogens is 251 g/mol. The van der Waals surface area contributed by atoms with Crippen LogP contribution in [0.15, 0.2) is 18.5 Å². The molecular formula is C13H15FN2O3. The van der Waals surface area contributed by atoms with Gasteiger partial charge < -0.3 is 14.4 Å². The molecule has 2 fully saturated rings. The van der Waals surface area contributed by atoms with Crippen LogP contribution in [-0.4, -0.2) is 54.3 Å². The average Bonchev–Trinajstić information content (AvgIpc) is 2.88. The SMILES string of the molecule is O=C(c1ccncc1F)N1CCOCC12CCOC2. The van der Waals surface area contributed by atoms with Crippen molar-refractivity contribution in [3.8, 4) is 0 Å². The van der Waals surface area contributed by atoms with Gasteiger partial charge in [0.05, 0.1) is 37.1 Å². The third kappa shape index (κ3) is 2.11. The summed E-state index contributed by atoms with van der Waals surface area (Å²) in [5, 5.41) is 0. The summed E-state index contributed by atoms with van der Waals surface area (Å²) in [5.74, 6) is -0.901. The summed E-state index contributed by atoms with van der Waals surface area (Å²) in [6.07, 6.45) is 3.21. The lowest BCUT2D eigenvalue weighted by Crippen LogP contribution is -2.59. The number of nitrogens with zero attached hydrogens (tertiary/aromatic N) is 2. The van der Waals surface area contributed by atoms with E-state index >= 15 is 0 Å². The summed E-state index contributed by atoms with van der Waals surface area (Å²) in [5.41, 5.74) is -0.381. The summed E-state index contributed by atoms with van der Waals surface area (Å²) < 4.78 is 24.6. The zero-order valence-corrected chi connectivity index (χ0v) is 10.5. The molecule has 1 aromatic rings. The van der Waals surface area contributed by atoms with Crippen molar-refractivity contribution < 1.29 is 18.7 Å². The number of morpholine rings is 1. The minimum absolute atomic E-state index is 0.0585. The van der Waals surface area contributed by atoms with Crippen LogP contribution in [0, 0.1) is 5.82 Å². The number of rotatable bonds is 1. The molecule has 19 heavy (non-hydrogen) atoms. The molecule has 5 nitrogen and oxygen atoms in total. The van der Waals surface area contributed by atoms with Crippen molar-refractivity contribution in [3.05, 3.63) is 29.8 Å². The average molecular weight is 266 g/mol. The molecule has 3 rings (SSSR count). The zero-order chi connectivity index (χ0) is 13.3. The van der Waals surface area contributed by atoms with Gasteiger partial charge in [-0.05, 0) is 12.5 Å². The minimum atomic E-state index is -0.590. The van der Waals surface area contributed by atoms with Crippen LogP contribution in [0.3, 0.4) is 0 Å². The maximum atomic E-state index is 13.7. The molecule has 0 aromatic carbocycles. The fourth-order valence-corrected chi connectivity index (χ4v) is 2.67. The first-order valence-electron chi connectivity index (χ1n) is 6.30. The van der Waals surface area contributed by atoms with Crippen LogP contribution in [-0.2, 0) is 9.47 Å². The van der Waals surface area contributed by atoms with Gasteiger partial charge in [-0.3, -0.25) is 9.78 Å². The first-order valence-corrected chi connectivity index (χ1v) is 6.30. The molecule has 0 radical (unpaired) electrons. The highest BCUT2D eigenvalue weighted by atomic mass is 19.1. The molecule has 1 spiro atoms. The molecule has 0 saturated carbocycles. The second kappa shape index (κ2) is 4.86. The van der Waals surface area contributed by atoms with Gasteiger partial charge in [0.2, 0.25) is 0 Å². The van der Waals surface area contributed by atoms with Crippen LogP contribution in [0.5, 0.6) is 0 Å². The van der Waals surface area contributed by atoms with Gasteiger partial charge in [0.25, 0.3) is 5.91 Å². The third-order valence-corrected chi connectivity index (χ3v) is 3.73. The maximum Gasteiger partial charge on any atom is 0.257 e. The van der Waals surface area contributed by atoms with Gasteiger partial charge in [0.1, 0.15) is 0 Å². The van der Waals surface area contributed by atoms with Crippen molar-refractivity contribution in [2.24, 2.45) is 0 Å². The molecule has 2 saturated heterocycles. The topological polar surface area (TPSA) is 51.7 Å². The molecule has 6 heteroatoms. The first kappa shape index (κ1) is 12.5. The van der Waals surface area contributed by atoms with Crippen LogP contribution in [0.2, 0.25) is 0 Å². The standard InChI is InChI=1S/C13H15FN2O3/c14-11-7-15-3-1-10(11)12(17)16-4-6-19-9-13(16)2-5-18-8-13/h1,3,7H,2,4-6,8-9H2. The van der Waals surface area contributed by atoms with Crippen LogP contribution in [0.25, 0.3) is 0 Å². The van der Waals surface area contributed by atoms with E-state index in [0.29, 0.717) is 33.0 Å². The van der Waals surface area contributed by atoms with Crippen LogP contribution in [0.4, 0.5) is 4.39 Å². The fraction of sp³-hybridized carbons (Fsp3) is 0.538. The number of amides is 1. The molecule has 2 aliphatic rings. The van der Waals surface area contributed by atoms with E-state index in [9.17, 15) is 9.18 Å². The van der Waals surface area contributed by atoms with E-state index in [2.05, 4.69) is 4.98 Å². The highest BCUT2D eigenvalue weighted by Gasteiger charge is 2.46. The summed E-state index contributed by atoms with van der Waals surface area (Å²) in [6.45, 7) is 2.44. The Bertz CT molecular complexity index is 489. The fourth-order valence-electron chi connectivity index (χ4n) is 2.67. The largest absolute Gasteiger partial charge is 0.379 e. The van der Waals surface area contributed by atoms with E-state index in [1.165, 1.54) is 12.3 Å². The van der Waals surface area contributed by atoms with E-state index < -0.39 is 11.4 Å². The second-order valence-corrected chi connectivity index (χ2v) is 4.89. The molecule has 1 unspecified atom stereocenters. The Morgan fingerprint density at radius 3 is 2.89 bits per heavy atom. The van der Waals surface area contributed by atoms with Gasteiger partial charge in [-0.25, -0.2) is 4.39 Å². The highest BCUT2D eigenvalue weighted by Crippen LogP contribution is 2.30. The number of carbonyl (C=O) groups excluding carboxylic acids is 1. The van der Waals surface area contributed by atoms with Gasteiger partial charge in [-0.15, -0.1) is 0 Å². The molecule has 2 aliphatic heterocycles. The smallest absolute Gasteiger partial charge is 0.257 e. The number of hydrogen-bond donors (Lipinski definition) is 0. The number of aromatic nitrogens is 1. The van der Waals surface area contributed by atoms with Gasteiger partial charge >= 0.3 is 0 Å². The zero-order valence-electron chi connectivity index (χ0n) is 10.5. The van der Waals surface area contributed by atoms with Crippen molar-refractivity contribution in [1.82, 2.24) is 9.88 Å². The molecule has 0 bridgehead atoms. The first-order chi connectivity index (χ1) is 9.23. The quantitative estimate of drug-likeness (QED) is 0.756. The number of hydrogen-bond acceptors (Lipinski definition) is 4. The Morgan fingerprint density at radius 2 is 2.16 bits per heavy atom. The van der Waals surface area contributed by atoms with Crippen LogP contribution >= 0.6 is 0 Å². The maximum absolute atomic E-state index is 13.7. The van der Waals surface area contributed by atoms with Crippen molar-refractivity contribution >= 4 is 5.91 Å². The third-order valence-electron chi connectivity index (χ3n) is 3.73. The Hall–Kier alpha value is -1.53. The van der Waals surface area contributed by atoms with Crippen molar-refractivity contribution in [1.29, 1.82) is 0 Å². The molecule has 1 amide bonds. The lowest BCUT2D eigenvalue weighted by atomic mass is 9.95. The summed E-state index contributed by atoms with van der Waals surface area (Å²) in [6, 6.07) is 1.41. The summed E-state index contributed by atoms with van der Waals surface area (Å²) >= 11 is 0. The van der Waals surface area contributed by atoms with E-state index in [4.69, 9.17) is 9.47 Å². The van der Waals surface area contributed by atoms with Gasteiger partial charge in [-0.2, -0.15) is 0 Å². The lowest BCUT2D eigenvalue weighted by molar-refractivity contribution is -0.0552. The molecule has 0 aliphatic carbocycles. The number of halogens is 1. The summed E-state index contributed by atoms with van der Waals surface area (Å²) in [4.78, 5) is 17.9. The Labute approximate surface area is 110 Å². The van der Waals surface area contributed by atoms with Crippen LogP contribution in [0.1, 0.15) is 16.8 Å². The van der Waals surface area contributed by atoms with E-state index in [-0.39, 0.29) is 11.5 Å². The normalized spacial score (nSPS) is 26.9. The van der Waals surface area contributed by atoms with Crippen LogP contribution < -0.4 is 0 Å².